The summed E-state index contributed by atoms with van der Waals surface area (Å²) < 4.78 is 1.22. The smallest absolute Gasteiger partial charge is 0.305 e. The lowest BCUT2D eigenvalue weighted by Crippen LogP contribution is -2.27. The van der Waals surface area contributed by atoms with Gasteiger partial charge in [-0.3, -0.25) is 9.59 Å². The highest BCUT2D eigenvalue weighted by Gasteiger charge is 2.14. The topological polar surface area (TPSA) is 72.2 Å². The molecule has 1 atom stereocenters. The summed E-state index contributed by atoms with van der Waals surface area (Å²) in [6, 6.07) is 2.55. The van der Waals surface area contributed by atoms with Crippen LogP contribution in [0.4, 0.5) is 0 Å². The molecule has 5 nitrogen and oxygen atoms in total. The average Bonchev–Trinajstić information content (AvgIpc) is 2.15. The molecule has 0 bridgehead atoms. The summed E-state index contributed by atoms with van der Waals surface area (Å²) in [5.74, 6) is -0.922. The van der Waals surface area contributed by atoms with E-state index >= 15 is 0 Å². The van der Waals surface area contributed by atoms with E-state index in [-0.39, 0.29) is 18.0 Å². The van der Waals surface area contributed by atoms with Gasteiger partial charge in [-0.05, 0) is 12.5 Å². The molecule has 0 amide bonds. The lowest BCUT2D eigenvalue weighted by Gasteiger charge is -2.13. The molecule has 0 aliphatic carbocycles. The van der Waals surface area contributed by atoms with Crippen LogP contribution in [0.25, 0.3) is 0 Å². The van der Waals surface area contributed by atoms with Gasteiger partial charge >= 0.3 is 5.97 Å². The van der Waals surface area contributed by atoms with Crippen molar-refractivity contribution in [2.24, 2.45) is 0 Å². The third-order valence-corrected chi connectivity index (χ3v) is 1.97. The Hall–Kier alpha value is -1.65. The molecule has 0 radical (unpaired) electrons. The number of hydrogen-bond acceptors (Lipinski definition) is 3. The first-order valence-corrected chi connectivity index (χ1v) is 4.40. The van der Waals surface area contributed by atoms with Crippen LogP contribution in [-0.4, -0.2) is 20.9 Å². The average molecular weight is 196 g/mol. The highest BCUT2D eigenvalue weighted by molar-refractivity contribution is 5.67. The third-order valence-electron chi connectivity index (χ3n) is 1.97. The Balaban J connectivity index is 2.95. The number of nitrogens with zero attached hydrogens (tertiary/aromatic N) is 2. The fourth-order valence-corrected chi connectivity index (χ4v) is 1.25. The molecular weight excluding hydrogens is 184 g/mol. The second-order valence-electron chi connectivity index (χ2n) is 2.97. The largest absolute Gasteiger partial charge is 0.481 e. The molecule has 0 aliphatic rings. The van der Waals surface area contributed by atoms with Gasteiger partial charge < -0.3 is 5.11 Å². The predicted molar refractivity (Wildman–Crippen MR) is 50.1 cm³/mol. The van der Waals surface area contributed by atoms with Crippen molar-refractivity contribution in [2.75, 3.05) is 0 Å². The maximum atomic E-state index is 11.3. The van der Waals surface area contributed by atoms with Gasteiger partial charge in [0.1, 0.15) is 0 Å². The van der Waals surface area contributed by atoms with E-state index < -0.39 is 5.97 Å². The van der Waals surface area contributed by atoms with E-state index in [9.17, 15) is 9.59 Å². The number of aromatic nitrogens is 2. The quantitative estimate of drug-likeness (QED) is 0.768. The van der Waals surface area contributed by atoms with Crippen molar-refractivity contribution >= 4 is 5.97 Å². The van der Waals surface area contributed by atoms with Gasteiger partial charge in [0.05, 0.1) is 12.5 Å². The zero-order valence-corrected chi connectivity index (χ0v) is 7.88. The van der Waals surface area contributed by atoms with E-state index in [1.807, 2.05) is 6.92 Å². The van der Waals surface area contributed by atoms with Crippen molar-refractivity contribution in [2.45, 2.75) is 25.8 Å². The molecular formula is C9H12N2O3. The van der Waals surface area contributed by atoms with Gasteiger partial charge in [-0.2, -0.15) is 5.10 Å². The van der Waals surface area contributed by atoms with E-state index in [1.54, 1.807) is 0 Å². The standard InChI is InChI=1S/C9H12N2O3/c1-2-7(6-9(13)14)11-8(12)4-3-5-10-11/h3-5,7H,2,6H2,1H3,(H,13,14). The van der Waals surface area contributed by atoms with Gasteiger partial charge in [0.2, 0.25) is 0 Å². The maximum Gasteiger partial charge on any atom is 0.305 e. The Morgan fingerprint density at radius 2 is 2.43 bits per heavy atom. The minimum absolute atomic E-state index is 0.0760. The molecule has 0 saturated heterocycles. The lowest BCUT2D eigenvalue weighted by atomic mass is 10.1. The van der Waals surface area contributed by atoms with E-state index in [2.05, 4.69) is 5.10 Å². The fraction of sp³-hybridized carbons (Fsp3) is 0.444. The van der Waals surface area contributed by atoms with Crippen LogP contribution in [0.3, 0.4) is 0 Å². The summed E-state index contributed by atoms with van der Waals surface area (Å²) in [7, 11) is 0. The normalized spacial score (nSPS) is 12.4. The minimum Gasteiger partial charge on any atom is -0.481 e. The molecule has 1 N–H and O–H groups in total. The monoisotopic (exact) mass is 196 g/mol. The van der Waals surface area contributed by atoms with Crippen molar-refractivity contribution in [3.05, 3.63) is 28.7 Å². The van der Waals surface area contributed by atoms with Crippen LogP contribution < -0.4 is 5.56 Å². The zero-order valence-electron chi connectivity index (χ0n) is 7.88. The fourth-order valence-electron chi connectivity index (χ4n) is 1.25. The number of carboxylic acid groups (broad SMARTS) is 1. The maximum absolute atomic E-state index is 11.3. The Kier molecular flexibility index (Phi) is 3.39. The van der Waals surface area contributed by atoms with Crippen LogP contribution in [0.15, 0.2) is 23.1 Å². The van der Waals surface area contributed by atoms with Crippen LogP contribution in [0.1, 0.15) is 25.8 Å². The van der Waals surface area contributed by atoms with Gasteiger partial charge in [0.15, 0.2) is 0 Å². The molecule has 1 aromatic rings. The first-order valence-electron chi connectivity index (χ1n) is 4.40. The molecule has 5 heteroatoms. The van der Waals surface area contributed by atoms with Gasteiger partial charge in [-0.1, -0.05) is 6.92 Å². The van der Waals surface area contributed by atoms with E-state index in [1.165, 1.54) is 23.0 Å². The van der Waals surface area contributed by atoms with Gasteiger partial charge in [-0.15, -0.1) is 0 Å². The van der Waals surface area contributed by atoms with Crippen LogP contribution in [-0.2, 0) is 4.79 Å². The van der Waals surface area contributed by atoms with Crippen LogP contribution in [0, 0.1) is 0 Å². The van der Waals surface area contributed by atoms with E-state index in [0.717, 1.165) is 0 Å². The molecule has 1 unspecified atom stereocenters. The van der Waals surface area contributed by atoms with Gasteiger partial charge in [0, 0.05) is 12.3 Å². The molecule has 76 valence electrons. The SMILES string of the molecule is CCC(CC(=O)O)n1ncccc1=O. The second-order valence-corrected chi connectivity index (χ2v) is 2.97. The van der Waals surface area contributed by atoms with Crippen LogP contribution in [0.2, 0.25) is 0 Å². The number of carbonyl (C=O) groups is 1. The summed E-state index contributed by atoms with van der Waals surface area (Å²) >= 11 is 0. The van der Waals surface area contributed by atoms with Crippen molar-refractivity contribution < 1.29 is 9.90 Å². The second kappa shape index (κ2) is 4.55. The van der Waals surface area contributed by atoms with Crippen LogP contribution >= 0.6 is 0 Å². The third kappa shape index (κ3) is 2.42. The Labute approximate surface area is 81.0 Å². The first kappa shape index (κ1) is 10.4. The Morgan fingerprint density at radius 3 is 2.93 bits per heavy atom. The molecule has 14 heavy (non-hydrogen) atoms. The summed E-state index contributed by atoms with van der Waals surface area (Å²) in [4.78, 5) is 21.8. The molecule has 1 aromatic heterocycles. The van der Waals surface area contributed by atoms with Crippen molar-refractivity contribution in [1.29, 1.82) is 0 Å². The first-order chi connectivity index (χ1) is 6.65. The van der Waals surface area contributed by atoms with Crippen molar-refractivity contribution in [3.63, 3.8) is 0 Å². The number of hydrogen-bond donors (Lipinski definition) is 1. The number of rotatable bonds is 4. The molecule has 0 aromatic carbocycles. The minimum atomic E-state index is -0.922. The molecule has 0 aliphatic heterocycles. The predicted octanol–water partition coefficient (Wildman–Crippen LogP) is 0.669. The van der Waals surface area contributed by atoms with Crippen molar-refractivity contribution in [1.82, 2.24) is 9.78 Å². The molecule has 0 spiro atoms. The molecule has 0 fully saturated rings. The van der Waals surface area contributed by atoms with Gasteiger partial charge in [0.25, 0.3) is 5.56 Å². The zero-order chi connectivity index (χ0) is 10.6. The van der Waals surface area contributed by atoms with Gasteiger partial charge in [-0.25, -0.2) is 4.68 Å². The summed E-state index contributed by atoms with van der Waals surface area (Å²) in [5, 5.41) is 12.5. The summed E-state index contributed by atoms with van der Waals surface area (Å²) in [6.45, 7) is 1.83. The lowest BCUT2D eigenvalue weighted by molar-refractivity contribution is -0.138. The summed E-state index contributed by atoms with van der Waals surface area (Å²) in [5.41, 5.74) is -0.263. The van der Waals surface area contributed by atoms with E-state index in [0.29, 0.717) is 6.42 Å². The molecule has 1 rings (SSSR count). The number of aliphatic carboxylic acids is 1. The van der Waals surface area contributed by atoms with Crippen molar-refractivity contribution in [3.8, 4) is 0 Å². The Morgan fingerprint density at radius 1 is 1.71 bits per heavy atom. The molecule has 0 saturated carbocycles. The number of carboxylic acids is 1. The molecule has 1 heterocycles. The van der Waals surface area contributed by atoms with E-state index in [4.69, 9.17) is 5.11 Å². The highest BCUT2D eigenvalue weighted by atomic mass is 16.4. The Bertz CT molecular complexity index is 372. The highest BCUT2D eigenvalue weighted by Crippen LogP contribution is 2.11. The van der Waals surface area contributed by atoms with Crippen LogP contribution in [0.5, 0.6) is 0 Å². The summed E-state index contributed by atoms with van der Waals surface area (Å²) in [6.07, 6.45) is 1.97.